The molecular weight excluding hydrogens is 306 g/mol. The first-order valence-corrected chi connectivity index (χ1v) is 5.77. The van der Waals surface area contributed by atoms with E-state index in [-0.39, 0.29) is 17.1 Å². The molecule has 2 aromatic carbocycles. The Morgan fingerprint density at radius 2 is 1.83 bits per heavy atom. The van der Waals surface area contributed by atoms with E-state index in [1.807, 2.05) is 0 Å². The van der Waals surface area contributed by atoms with Crippen LogP contribution < -0.4 is 4.74 Å². The Labute approximate surface area is 110 Å². The van der Waals surface area contributed by atoms with Crippen LogP contribution in [0.1, 0.15) is 10.4 Å². The van der Waals surface area contributed by atoms with Gasteiger partial charge in [0.15, 0.2) is 17.9 Å². The van der Waals surface area contributed by atoms with E-state index in [9.17, 15) is 13.6 Å². The van der Waals surface area contributed by atoms with E-state index in [0.717, 1.165) is 6.07 Å². The molecule has 0 fully saturated rings. The summed E-state index contributed by atoms with van der Waals surface area (Å²) in [5, 5.41) is 0. The molecule has 0 heterocycles. The molecule has 18 heavy (non-hydrogen) atoms. The third-order valence-corrected chi connectivity index (χ3v) is 2.74. The molecule has 0 saturated carbocycles. The van der Waals surface area contributed by atoms with E-state index < -0.39 is 11.6 Å². The average molecular weight is 313 g/mol. The maximum atomic E-state index is 13.5. The van der Waals surface area contributed by atoms with Crippen LogP contribution in [0.2, 0.25) is 0 Å². The van der Waals surface area contributed by atoms with Gasteiger partial charge >= 0.3 is 0 Å². The summed E-state index contributed by atoms with van der Waals surface area (Å²) in [6, 6.07) is 8.10. The lowest BCUT2D eigenvalue weighted by Crippen LogP contribution is -1.95. The highest BCUT2D eigenvalue weighted by atomic mass is 79.9. The minimum absolute atomic E-state index is 0.0220. The Balaban J connectivity index is 2.40. The molecule has 2 aromatic rings. The molecular formula is C13H7BrF2O2. The topological polar surface area (TPSA) is 26.3 Å². The molecule has 0 atom stereocenters. The summed E-state index contributed by atoms with van der Waals surface area (Å²) in [6.45, 7) is 0. The molecule has 0 amide bonds. The molecule has 2 nitrogen and oxygen atoms in total. The fraction of sp³-hybridized carbons (Fsp3) is 0. The largest absolute Gasteiger partial charge is 0.453 e. The Hall–Kier alpha value is -1.75. The molecule has 92 valence electrons. The van der Waals surface area contributed by atoms with Gasteiger partial charge in [0.2, 0.25) is 0 Å². The lowest BCUT2D eigenvalue weighted by Gasteiger charge is -2.09. The van der Waals surface area contributed by atoms with Crippen molar-refractivity contribution in [1.29, 1.82) is 0 Å². The number of benzene rings is 2. The fourth-order valence-corrected chi connectivity index (χ4v) is 1.73. The van der Waals surface area contributed by atoms with E-state index in [1.54, 1.807) is 6.07 Å². The van der Waals surface area contributed by atoms with Gasteiger partial charge in [-0.1, -0.05) is 22.0 Å². The molecule has 0 unspecified atom stereocenters. The van der Waals surface area contributed by atoms with Gasteiger partial charge in [0, 0.05) is 4.47 Å². The predicted octanol–water partition coefficient (Wildman–Crippen LogP) is 4.33. The average Bonchev–Trinajstić information content (AvgIpc) is 2.33. The number of hydrogen-bond acceptors (Lipinski definition) is 2. The maximum absolute atomic E-state index is 13.5. The van der Waals surface area contributed by atoms with Crippen molar-refractivity contribution in [3.8, 4) is 11.5 Å². The second kappa shape index (κ2) is 5.27. The summed E-state index contributed by atoms with van der Waals surface area (Å²) < 4.78 is 32.6. The van der Waals surface area contributed by atoms with Gasteiger partial charge in [-0.2, -0.15) is 0 Å². The zero-order chi connectivity index (χ0) is 13.1. The van der Waals surface area contributed by atoms with Crippen LogP contribution in [-0.4, -0.2) is 6.29 Å². The smallest absolute Gasteiger partial charge is 0.166 e. The zero-order valence-corrected chi connectivity index (χ0v) is 10.6. The van der Waals surface area contributed by atoms with Crippen molar-refractivity contribution >= 4 is 22.2 Å². The number of aldehydes is 1. The predicted molar refractivity (Wildman–Crippen MR) is 66.0 cm³/mol. The number of halogens is 3. The SMILES string of the molecule is O=Cc1c(F)cccc1Oc1ccc(Br)cc1F. The van der Waals surface area contributed by atoms with Gasteiger partial charge < -0.3 is 4.74 Å². The molecule has 0 spiro atoms. The highest BCUT2D eigenvalue weighted by molar-refractivity contribution is 9.10. The van der Waals surface area contributed by atoms with Crippen LogP contribution in [0.4, 0.5) is 8.78 Å². The molecule has 0 aliphatic carbocycles. The Kier molecular flexibility index (Phi) is 3.72. The van der Waals surface area contributed by atoms with E-state index in [4.69, 9.17) is 4.74 Å². The van der Waals surface area contributed by atoms with Crippen molar-refractivity contribution in [2.24, 2.45) is 0 Å². The number of rotatable bonds is 3. The van der Waals surface area contributed by atoms with Gasteiger partial charge in [-0.3, -0.25) is 4.79 Å². The quantitative estimate of drug-likeness (QED) is 0.788. The van der Waals surface area contributed by atoms with Gasteiger partial charge in [0.05, 0.1) is 5.56 Å². The van der Waals surface area contributed by atoms with Crippen LogP contribution in [0.3, 0.4) is 0 Å². The van der Waals surface area contributed by atoms with Crippen molar-refractivity contribution in [2.75, 3.05) is 0 Å². The van der Waals surface area contributed by atoms with Crippen LogP contribution in [0.25, 0.3) is 0 Å². The molecule has 2 rings (SSSR count). The van der Waals surface area contributed by atoms with Gasteiger partial charge in [0.25, 0.3) is 0 Å². The van der Waals surface area contributed by atoms with Crippen molar-refractivity contribution in [3.05, 3.63) is 58.1 Å². The third-order valence-electron chi connectivity index (χ3n) is 2.24. The normalized spacial score (nSPS) is 10.2. The Morgan fingerprint density at radius 1 is 1.06 bits per heavy atom. The molecule has 0 N–H and O–H groups in total. The highest BCUT2D eigenvalue weighted by Gasteiger charge is 2.11. The van der Waals surface area contributed by atoms with Gasteiger partial charge in [-0.15, -0.1) is 0 Å². The highest BCUT2D eigenvalue weighted by Crippen LogP contribution is 2.29. The van der Waals surface area contributed by atoms with E-state index in [2.05, 4.69) is 15.9 Å². The van der Waals surface area contributed by atoms with Crippen LogP contribution in [0, 0.1) is 11.6 Å². The number of ether oxygens (including phenoxy) is 1. The summed E-state index contributed by atoms with van der Waals surface area (Å²) in [5.74, 6) is -1.41. The first-order chi connectivity index (χ1) is 8.61. The van der Waals surface area contributed by atoms with Crippen LogP contribution in [-0.2, 0) is 0 Å². The van der Waals surface area contributed by atoms with Crippen molar-refractivity contribution in [1.82, 2.24) is 0 Å². The summed E-state index contributed by atoms with van der Waals surface area (Å²) in [6.07, 6.45) is 0.335. The monoisotopic (exact) mass is 312 g/mol. The third kappa shape index (κ3) is 2.56. The number of hydrogen-bond donors (Lipinski definition) is 0. The summed E-state index contributed by atoms with van der Waals surface area (Å²) in [5.41, 5.74) is -0.236. The van der Waals surface area contributed by atoms with Gasteiger partial charge in [-0.25, -0.2) is 8.78 Å². The molecule has 0 radical (unpaired) electrons. The first kappa shape index (κ1) is 12.7. The van der Waals surface area contributed by atoms with E-state index in [0.29, 0.717) is 10.8 Å². The van der Waals surface area contributed by atoms with Crippen LogP contribution in [0.15, 0.2) is 40.9 Å². The summed E-state index contributed by atoms with van der Waals surface area (Å²) in [4.78, 5) is 10.8. The number of carbonyl (C=O) groups is 1. The Bertz CT molecular complexity index is 600. The first-order valence-electron chi connectivity index (χ1n) is 4.98. The number of carbonyl (C=O) groups excluding carboxylic acids is 1. The summed E-state index contributed by atoms with van der Waals surface area (Å²) in [7, 11) is 0. The molecule has 0 saturated heterocycles. The van der Waals surface area contributed by atoms with E-state index >= 15 is 0 Å². The van der Waals surface area contributed by atoms with Crippen molar-refractivity contribution in [3.63, 3.8) is 0 Å². The maximum Gasteiger partial charge on any atom is 0.166 e. The Morgan fingerprint density at radius 3 is 2.50 bits per heavy atom. The lowest BCUT2D eigenvalue weighted by atomic mass is 10.2. The molecule has 0 aromatic heterocycles. The van der Waals surface area contributed by atoms with Crippen LogP contribution in [0.5, 0.6) is 11.5 Å². The van der Waals surface area contributed by atoms with Crippen molar-refractivity contribution in [2.45, 2.75) is 0 Å². The molecule has 0 aliphatic rings. The van der Waals surface area contributed by atoms with Gasteiger partial charge in [-0.05, 0) is 30.3 Å². The second-order valence-corrected chi connectivity index (χ2v) is 4.36. The zero-order valence-electron chi connectivity index (χ0n) is 8.99. The summed E-state index contributed by atoms with van der Waals surface area (Å²) >= 11 is 3.11. The molecule has 0 bridgehead atoms. The van der Waals surface area contributed by atoms with E-state index in [1.165, 1.54) is 24.3 Å². The van der Waals surface area contributed by atoms with Gasteiger partial charge in [0.1, 0.15) is 11.6 Å². The minimum Gasteiger partial charge on any atom is -0.453 e. The molecule has 0 aliphatic heterocycles. The minimum atomic E-state index is -0.708. The lowest BCUT2D eigenvalue weighted by molar-refractivity contribution is 0.111. The standard InChI is InChI=1S/C13H7BrF2O2/c14-8-4-5-13(11(16)6-8)18-12-3-1-2-10(15)9(12)7-17/h1-7H. The molecule has 5 heteroatoms. The van der Waals surface area contributed by atoms with Crippen LogP contribution >= 0.6 is 15.9 Å². The van der Waals surface area contributed by atoms with Crippen molar-refractivity contribution < 1.29 is 18.3 Å². The second-order valence-electron chi connectivity index (χ2n) is 3.45. The fourth-order valence-electron chi connectivity index (χ4n) is 1.40.